The normalized spacial score (nSPS) is 10.1. The molecule has 70 valence electrons. The Morgan fingerprint density at radius 3 is 2.64 bits per heavy atom. The number of halogens is 1. The Balaban J connectivity index is 2.44. The minimum Gasteiger partial charge on any atom is -0.262 e. The Kier molecular flexibility index (Phi) is 2.41. The highest BCUT2D eigenvalue weighted by Crippen LogP contribution is 2.16. The summed E-state index contributed by atoms with van der Waals surface area (Å²) in [5.41, 5.74) is 2.76. The summed E-state index contributed by atoms with van der Waals surface area (Å²) in [7, 11) is 0. The smallest absolute Gasteiger partial charge is 0.151 e. The number of hydrogen-bond donors (Lipinski definition) is 0. The summed E-state index contributed by atoms with van der Waals surface area (Å²) in [5.74, 6) is 0. The number of nitrogens with zero attached hydrogens (tertiary/aromatic N) is 3. The standard InChI is InChI=1S/C10H8ClN3/c1-7-6-8(4-5-12-7)9-2-3-10(11)14-13-9/h2-6H,1H3. The zero-order valence-electron chi connectivity index (χ0n) is 7.61. The molecule has 0 radical (unpaired) electrons. The van der Waals surface area contributed by atoms with Gasteiger partial charge in [0.05, 0.1) is 5.69 Å². The molecule has 0 aromatic carbocycles. The van der Waals surface area contributed by atoms with Crippen LogP contribution >= 0.6 is 11.6 Å². The lowest BCUT2D eigenvalue weighted by Crippen LogP contribution is -1.88. The quantitative estimate of drug-likeness (QED) is 0.718. The first-order valence-corrected chi connectivity index (χ1v) is 4.56. The van der Waals surface area contributed by atoms with Crippen molar-refractivity contribution in [3.63, 3.8) is 0 Å². The molecule has 14 heavy (non-hydrogen) atoms. The van der Waals surface area contributed by atoms with Crippen LogP contribution in [0.1, 0.15) is 5.69 Å². The van der Waals surface area contributed by atoms with E-state index in [1.165, 1.54) is 0 Å². The first kappa shape index (κ1) is 9.09. The molecule has 0 saturated carbocycles. The van der Waals surface area contributed by atoms with Gasteiger partial charge in [0.25, 0.3) is 0 Å². The van der Waals surface area contributed by atoms with E-state index in [1.54, 1.807) is 12.3 Å². The van der Waals surface area contributed by atoms with Gasteiger partial charge >= 0.3 is 0 Å². The summed E-state index contributed by atoms with van der Waals surface area (Å²) >= 11 is 5.64. The van der Waals surface area contributed by atoms with E-state index in [4.69, 9.17) is 11.6 Å². The zero-order chi connectivity index (χ0) is 9.97. The van der Waals surface area contributed by atoms with E-state index in [1.807, 2.05) is 25.1 Å². The highest BCUT2D eigenvalue weighted by molar-refractivity contribution is 6.29. The number of rotatable bonds is 1. The van der Waals surface area contributed by atoms with Gasteiger partial charge in [0.15, 0.2) is 5.15 Å². The highest BCUT2D eigenvalue weighted by Gasteiger charge is 2.00. The summed E-state index contributed by atoms with van der Waals surface area (Å²) in [6, 6.07) is 7.41. The van der Waals surface area contributed by atoms with E-state index < -0.39 is 0 Å². The second kappa shape index (κ2) is 3.72. The molecule has 2 aromatic heterocycles. The third-order valence-electron chi connectivity index (χ3n) is 1.82. The van der Waals surface area contributed by atoms with E-state index in [9.17, 15) is 0 Å². The fraction of sp³-hybridized carbons (Fsp3) is 0.100. The summed E-state index contributed by atoms with van der Waals surface area (Å²) in [4.78, 5) is 4.11. The first-order valence-electron chi connectivity index (χ1n) is 4.18. The Labute approximate surface area is 86.8 Å². The largest absolute Gasteiger partial charge is 0.262 e. The van der Waals surface area contributed by atoms with Gasteiger partial charge in [-0.15, -0.1) is 10.2 Å². The lowest BCUT2D eigenvalue weighted by Gasteiger charge is -1.99. The van der Waals surface area contributed by atoms with Gasteiger partial charge in [0.1, 0.15) is 0 Å². The minimum absolute atomic E-state index is 0.402. The van der Waals surface area contributed by atoms with Crippen molar-refractivity contribution in [2.45, 2.75) is 6.92 Å². The molecular weight excluding hydrogens is 198 g/mol. The van der Waals surface area contributed by atoms with Gasteiger partial charge in [0.2, 0.25) is 0 Å². The molecular formula is C10H8ClN3. The molecule has 0 saturated heterocycles. The van der Waals surface area contributed by atoms with Crippen molar-refractivity contribution in [3.8, 4) is 11.3 Å². The molecule has 0 aliphatic heterocycles. The molecule has 0 amide bonds. The maximum Gasteiger partial charge on any atom is 0.151 e. The van der Waals surface area contributed by atoms with Gasteiger partial charge in [-0.05, 0) is 31.2 Å². The van der Waals surface area contributed by atoms with Gasteiger partial charge < -0.3 is 0 Å². The lowest BCUT2D eigenvalue weighted by atomic mass is 10.1. The van der Waals surface area contributed by atoms with Crippen LogP contribution in [0, 0.1) is 6.92 Å². The van der Waals surface area contributed by atoms with Crippen molar-refractivity contribution >= 4 is 11.6 Å². The topological polar surface area (TPSA) is 38.7 Å². The lowest BCUT2D eigenvalue weighted by molar-refractivity contribution is 1.04. The van der Waals surface area contributed by atoms with E-state index in [0.29, 0.717) is 5.15 Å². The maximum atomic E-state index is 5.64. The Hall–Kier alpha value is -1.48. The van der Waals surface area contributed by atoms with Crippen molar-refractivity contribution < 1.29 is 0 Å². The summed E-state index contributed by atoms with van der Waals surface area (Å²) in [5, 5.41) is 8.16. The molecule has 0 spiro atoms. The van der Waals surface area contributed by atoms with Crippen LogP contribution in [-0.4, -0.2) is 15.2 Å². The third-order valence-corrected chi connectivity index (χ3v) is 2.03. The van der Waals surface area contributed by atoms with Crippen molar-refractivity contribution in [3.05, 3.63) is 41.3 Å². The molecule has 3 nitrogen and oxygen atoms in total. The molecule has 0 bridgehead atoms. The SMILES string of the molecule is Cc1cc(-c2ccc(Cl)nn2)ccn1. The van der Waals surface area contributed by atoms with Gasteiger partial charge in [-0.2, -0.15) is 0 Å². The van der Waals surface area contributed by atoms with Crippen LogP contribution in [0.3, 0.4) is 0 Å². The second-order valence-corrected chi connectivity index (χ2v) is 3.31. The summed E-state index contributed by atoms with van der Waals surface area (Å²) in [6.07, 6.45) is 1.75. The van der Waals surface area contributed by atoms with Crippen molar-refractivity contribution in [1.29, 1.82) is 0 Å². The minimum atomic E-state index is 0.402. The predicted octanol–water partition coefficient (Wildman–Crippen LogP) is 2.50. The van der Waals surface area contributed by atoms with Crippen LogP contribution in [0.25, 0.3) is 11.3 Å². The van der Waals surface area contributed by atoms with E-state index in [2.05, 4.69) is 15.2 Å². The number of pyridine rings is 1. The van der Waals surface area contributed by atoms with E-state index in [0.717, 1.165) is 17.0 Å². The molecule has 2 rings (SSSR count). The van der Waals surface area contributed by atoms with Crippen molar-refractivity contribution in [1.82, 2.24) is 15.2 Å². The third kappa shape index (κ3) is 1.88. The number of hydrogen-bond acceptors (Lipinski definition) is 3. The van der Waals surface area contributed by atoms with Gasteiger partial charge in [-0.25, -0.2) is 0 Å². The molecule has 0 N–H and O–H groups in total. The fourth-order valence-electron chi connectivity index (χ4n) is 1.17. The van der Waals surface area contributed by atoms with Gasteiger partial charge in [0, 0.05) is 17.5 Å². The van der Waals surface area contributed by atoms with Gasteiger partial charge in [-0.3, -0.25) is 4.98 Å². The maximum absolute atomic E-state index is 5.64. The first-order chi connectivity index (χ1) is 6.75. The van der Waals surface area contributed by atoms with Gasteiger partial charge in [-0.1, -0.05) is 11.6 Å². The molecule has 0 unspecified atom stereocenters. The van der Waals surface area contributed by atoms with Crippen LogP contribution in [0.4, 0.5) is 0 Å². The average Bonchev–Trinajstić information content (AvgIpc) is 2.19. The monoisotopic (exact) mass is 205 g/mol. The molecule has 0 aliphatic carbocycles. The zero-order valence-corrected chi connectivity index (χ0v) is 8.36. The molecule has 0 fully saturated rings. The van der Waals surface area contributed by atoms with E-state index in [-0.39, 0.29) is 0 Å². The Bertz CT molecular complexity index is 439. The van der Waals surface area contributed by atoms with Crippen LogP contribution in [0.15, 0.2) is 30.5 Å². The number of aryl methyl sites for hydroxylation is 1. The van der Waals surface area contributed by atoms with Crippen LogP contribution in [0.5, 0.6) is 0 Å². The average molecular weight is 206 g/mol. The summed E-state index contributed by atoms with van der Waals surface area (Å²) in [6.45, 7) is 1.94. The molecule has 2 heterocycles. The van der Waals surface area contributed by atoms with Crippen LogP contribution in [-0.2, 0) is 0 Å². The van der Waals surface area contributed by atoms with Crippen LogP contribution < -0.4 is 0 Å². The second-order valence-electron chi connectivity index (χ2n) is 2.93. The summed E-state index contributed by atoms with van der Waals surface area (Å²) < 4.78 is 0. The fourth-order valence-corrected chi connectivity index (χ4v) is 1.28. The molecule has 2 aromatic rings. The molecule has 0 atom stereocenters. The Morgan fingerprint density at radius 1 is 1.14 bits per heavy atom. The van der Waals surface area contributed by atoms with Crippen molar-refractivity contribution in [2.24, 2.45) is 0 Å². The van der Waals surface area contributed by atoms with E-state index >= 15 is 0 Å². The Morgan fingerprint density at radius 2 is 2.00 bits per heavy atom. The van der Waals surface area contributed by atoms with Crippen LogP contribution in [0.2, 0.25) is 5.15 Å². The number of aromatic nitrogens is 3. The molecule has 0 aliphatic rings. The predicted molar refractivity (Wildman–Crippen MR) is 55.0 cm³/mol. The molecule has 4 heteroatoms. The van der Waals surface area contributed by atoms with Crippen molar-refractivity contribution in [2.75, 3.05) is 0 Å². The highest BCUT2D eigenvalue weighted by atomic mass is 35.5.